The van der Waals surface area contributed by atoms with Crippen molar-refractivity contribution < 1.29 is 9.26 Å². The molecule has 0 aromatic carbocycles. The predicted molar refractivity (Wildman–Crippen MR) is 108 cm³/mol. The minimum atomic E-state index is -0.158. The smallest absolute Gasteiger partial charge is 0.246 e. The number of hydrogen-bond acceptors (Lipinski definition) is 6. The summed E-state index contributed by atoms with van der Waals surface area (Å²) in [5.74, 6) is 3.08. The molecule has 2 atom stereocenters. The maximum Gasteiger partial charge on any atom is 0.246 e. The molecule has 0 amide bonds. The number of hydrogen-bond donors (Lipinski definition) is 2. The zero-order valence-electron chi connectivity index (χ0n) is 14.8. The maximum absolute atomic E-state index is 5.45. The van der Waals surface area contributed by atoms with E-state index in [0.29, 0.717) is 29.6 Å². The van der Waals surface area contributed by atoms with Gasteiger partial charge in [0.1, 0.15) is 6.10 Å². The van der Waals surface area contributed by atoms with Crippen LogP contribution in [0.15, 0.2) is 9.52 Å². The SMILES string of the molecule is CCOC(C)c1noc(CNC(=NC)NCC2(C)CCCS2)n1.I. The number of thioether (sulfide) groups is 1. The van der Waals surface area contributed by atoms with Crippen molar-refractivity contribution in [3.8, 4) is 0 Å². The van der Waals surface area contributed by atoms with Gasteiger partial charge in [0.05, 0.1) is 6.54 Å². The number of guanidine groups is 1. The third kappa shape index (κ3) is 6.40. The third-order valence-electron chi connectivity index (χ3n) is 3.82. The Bertz CT molecular complexity index is 520. The second-order valence-electron chi connectivity index (χ2n) is 5.83. The van der Waals surface area contributed by atoms with E-state index in [4.69, 9.17) is 9.26 Å². The van der Waals surface area contributed by atoms with Crippen molar-refractivity contribution >= 4 is 41.7 Å². The lowest BCUT2D eigenvalue weighted by Crippen LogP contribution is -2.43. The van der Waals surface area contributed by atoms with Crippen molar-refractivity contribution in [2.75, 3.05) is 26.0 Å². The standard InChI is InChI=1S/C15H27N5O2S.HI/c1-5-21-11(2)13-19-12(22-20-13)9-17-14(16-4)18-10-15(3)7-6-8-23-15;/h11H,5-10H2,1-4H3,(H2,16,17,18);1H. The molecule has 7 nitrogen and oxygen atoms in total. The molecular formula is C15H28IN5O2S. The van der Waals surface area contributed by atoms with Gasteiger partial charge in [0, 0.05) is 24.9 Å². The second kappa shape index (κ2) is 10.4. The second-order valence-corrected chi connectivity index (χ2v) is 7.51. The van der Waals surface area contributed by atoms with Gasteiger partial charge in [-0.25, -0.2) is 0 Å². The van der Waals surface area contributed by atoms with E-state index in [1.54, 1.807) is 7.05 Å². The summed E-state index contributed by atoms with van der Waals surface area (Å²) in [6, 6.07) is 0. The van der Waals surface area contributed by atoms with E-state index in [9.17, 15) is 0 Å². The van der Waals surface area contributed by atoms with Gasteiger partial charge in [0.2, 0.25) is 5.89 Å². The number of nitrogens with one attached hydrogen (secondary N) is 2. The molecule has 2 heterocycles. The van der Waals surface area contributed by atoms with Crippen LogP contribution in [0.2, 0.25) is 0 Å². The normalized spacial score (nSPS) is 22.1. The Labute approximate surface area is 165 Å². The van der Waals surface area contributed by atoms with Gasteiger partial charge in [-0.05, 0) is 39.4 Å². The lowest BCUT2D eigenvalue weighted by atomic mass is 10.1. The minimum absolute atomic E-state index is 0. The first-order valence-corrected chi connectivity index (χ1v) is 9.07. The topological polar surface area (TPSA) is 84.6 Å². The van der Waals surface area contributed by atoms with Crippen LogP contribution in [-0.4, -0.2) is 46.8 Å². The van der Waals surface area contributed by atoms with E-state index >= 15 is 0 Å². The zero-order chi connectivity index (χ0) is 16.7. The van der Waals surface area contributed by atoms with Crippen LogP contribution in [0.4, 0.5) is 0 Å². The maximum atomic E-state index is 5.45. The average Bonchev–Trinajstić information content (AvgIpc) is 3.17. The predicted octanol–water partition coefficient (Wildman–Crippen LogP) is 2.74. The Balaban J connectivity index is 0.00000288. The van der Waals surface area contributed by atoms with Crippen molar-refractivity contribution in [2.45, 2.75) is 51.0 Å². The Morgan fingerprint density at radius 2 is 2.29 bits per heavy atom. The highest BCUT2D eigenvalue weighted by Gasteiger charge is 2.29. The van der Waals surface area contributed by atoms with Gasteiger partial charge in [-0.15, -0.1) is 24.0 Å². The first-order chi connectivity index (χ1) is 11.1. The third-order valence-corrected chi connectivity index (χ3v) is 5.36. The molecule has 2 N–H and O–H groups in total. The summed E-state index contributed by atoms with van der Waals surface area (Å²) in [5.41, 5.74) is 0. The molecule has 1 aliphatic heterocycles. The molecule has 0 aliphatic carbocycles. The highest BCUT2D eigenvalue weighted by molar-refractivity contribution is 14.0. The molecule has 2 unspecified atom stereocenters. The summed E-state index contributed by atoms with van der Waals surface area (Å²) in [4.78, 5) is 8.57. The van der Waals surface area contributed by atoms with Gasteiger partial charge < -0.3 is 19.9 Å². The molecule has 1 aromatic heterocycles. The number of rotatable bonds is 7. The first kappa shape index (κ1) is 21.5. The van der Waals surface area contributed by atoms with Crippen LogP contribution in [0.3, 0.4) is 0 Å². The van der Waals surface area contributed by atoms with E-state index in [1.165, 1.54) is 18.6 Å². The molecule has 2 rings (SSSR count). The molecule has 1 aromatic rings. The van der Waals surface area contributed by atoms with Crippen LogP contribution in [0.1, 0.15) is 51.4 Å². The summed E-state index contributed by atoms with van der Waals surface area (Å²) in [5, 5.41) is 10.5. The van der Waals surface area contributed by atoms with E-state index < -0.39 is 0 Å². The van der Waals surface area contributed by atoms with Crippen molar-refractivity contribution in [1.82, 2.24) is 20.8 Å². The van der Waals surface area contributed by atoms with Gasteiger partial charge in [-0.3, -0.25) is 4.99 Å². The van der Waals surface area contributed by atoms with Gasteiger partial charge in [-0.1, -0.05) is 5.16 Å². The molecular weight excluding hydrogens is 441 g/mol. The summed E-state index contributed by atoms with van der Waals surface area (Å²) < 4.78 is 11.0. The Kier molecular flexibility index (Phi) is 9.35. The fourth-order valence-corrected chi connectivity index (χ4v) is 3.70. The molecule has 1 aliphatic rings. The summed E-state index contributed by atoms with van der Waals surface area (Å²) >= 11 is 2.02. The van der Waals surface area contributed by atoms with Crippen LogP contribution >= 0.6 is 35.7 Å². The van der Waals surface area contributed by atoms with E-state index in [1.807, 2.05) is 25.6 Å². The summed E-state index contributed by atoms with van der Waals surface area (Å²) in [6.07, 6.45) is 2.37. The molecule has 138 valence electrons. The molecule has 0 bridgehead atoms. The van der Waals surface area contributed by atoms with Gasteiger partial charge in [-0.2, -0.15) is 16.7 Å². The van der Waals surface area contributed by atoms with Crippen LogP contribution in [0, 0.1) is 0 Å². The number of halogens is 1. The monoisotopic (exact) mass is 469 g/mol. The Morgan fingerprint density at radius 1 is 1.50 bits per heavy atom. The number of aliphatic imine (C=N–C) groups is 1. The van der Waals surface area contributed by atoms with E-state index in [-0.39, 0.29) is 30.1 Å². The van der Waals surface area contributed by atoms with Crippen molar-refractivity contribution in [3.05, 3.63) is 11.7 Å². The highest BCUT2D eigenvalue weighted by atomic mass is 127. The first-order valence-electron chi connectivity index (χ1n) is 8.09. The Hall–Kier alpha value is -0.550. The lowest BCUT2D eigenvalue weighted by Gasteiger charge is -2.24. The van der Waals surface area contributed by atoms with Gasteiger partial charge in [0.25, 0.3) is 0 Å². The fourth-order valence-electron chi connectivity index (χ4n) is 2.46. The van der Waals surface area contributed by atoms with Crippen molar-refractivity contribution in [2.24, 2.45) is 4.99 Å². The quantitative estimate of drug-likeness (QED) is 0.361. The Morgan fingerprint density at radius 3 is 2.92 bits per heavy atom. The highest BCUT2D eigenvalue weighted by Crippen LogP contribution is 2.36. The molecule has 0 spiro atoms. The fraction of sp³-hybridized carbons (Fsp3) is 0.800. The molecule has 0 saturated carbocycles. The molecule has 1 fully saturated rings. The lowest BCUT2D eigenvalue weighted by molar-refractivity contribution is 0.0683. The molecule has 24 heavy (non-hydrogen) atoms. The summed E-state index contributed by atoms with van der Waals surface area (Å²) in [6.45, 7) is 8.11. The number of nitrogens with zero attached hydrogens (tertiary/aromatic N) is 3. The minimum Gasteiger partial charge on any atom is -0.371 e. The summed E-state index contributed by atoms with van der Waals surface area (Å²) in [7, 11) is 1.76. The van der Waals surface area contributed by atoms with E-state index in [2.05, 4.69) is 32.7 Å². The largest absolute Gasteiger partial charge is 0.371 e. The number of aromatic nitrogens is 2. The molecule has 0 radical (unpaired) electrons. The van der Waals surface area contributed by atoms with Crippen LogP contribution in [-0.2, 0) is 11.3 Å². The van der Waals surface area contributed by atoms with Crippen LogP contribution < -0.4 is 10.6 Å². The average molecular weight is 469 g/mol. The van der Waals surface area contributed by atoms with Crippen LogP contribution in [0.5, 0.6) is 0 Å². The number of ether oxygens (including phenoxy) is 1. The molecule has 1 saturated heterocycles. The van der Waals surface area contributed by atoms with Gasteiger partial charge in [0.15, 0.2) is 11.8 Å². The van der Waals surface area contributed by atoms with Crippen LogP contribution in [0.25, 0.3) is 0 Å². The van der Waals surface area contributed by atoms with Crippen molar-refractivity contribution in [1.29, 1.82) is 0 Å². The van der Waals surface area contributed by atoms with Gasteiger partial charge >= 0.3 is 0 Å². The zero-order valence-corrected chi connectivity index (χ0v) is 17.9. The molecule has 9 heteroatoms. The van der Waals surface area contributed by atoms with Crippen molar-refractivity contribution in [3.63, 3.8) is 0 Å². The van der Waals surface area contributed by atoms with E-state index in [0.717, 1.165) is 12.5 Å².